The second-order valence-corrected chi connectivity index (χ2v) is 5.07. The predicted molar refractivity (Wildman–Crippen MR) is 72.9 cm³/mol. The van der Waals surface area contributed by atoms with Gasteiger partial charge in [0.05, 0.1) is 18.1 Å². The number of carboxylic acids is 1. The van der Waals surface area contributed by atoms with Crippen molar-refractivity contribution < 1.29 is 14.7 Å². The van der Waals surface area contributed by atoms with E-state index in [2.05, 4.69) is 10.6 Å². The van der Waals surface area contributed by atoms with Crippen LogP contribution in [0.4, 0.5) is 4.79 Å². The van der Waals surface area contributed by atoms with Crippen LogP contribution in [0, 0.1) is 11.3 Å². The fraction of sp³-hybridized carbons (Fsp3) is 0.357. The molecule has 0 bridgehead atoms. The fourth-order valence-corrected chi connectivity index (χ4v) is 1.65. The minimum Gasteiger partial charge on any atom is -0.481 e. The first-order chi connectivity index (χ1) is 9.32. The zero-order valence-electron chi connectivity index (χ0n) is 11.4. The molecule has 0 aromatic heterocycles. The third kappa shape index (κ3) is 5.40. The van der Waals surface area contributed by atoms with Gasteiger partial charge in [0.25, 0.3) is 0 Å². The number of benzene rings is 1. The number of amides is 2. The Bertz CT molecular complexity index is 530. The number of hydrogen-bond acceptors (Lipinski definition) is 3. The van der Waals surface area contributed by atoms with Gasteiger partial charge in [-0.2, -0.15) is 5.26 Å². The summed E-state index contributed by atoms with van der Waals surface area (Å²) in [5, 5.41) is 22.6. The zero-order chi connectivity index (χ0) is 15.2. The number of carboxylic acid groups (broad SMARTS) is 1. The van der Waals surface area contributed by atoms with Gasteiger partial charge >= 0.3 is 12.0 Å². The van der Waals surface area contributed by atoms with Crippen LogP contribution < -0.4 is 10.6 Å². The number of nitrogens with one attached hydrogen (secondary N) is 2. The molecule has 3 N–H and O–H groups in total. The SMILES string of the molecule is CC(C)(CC(=O)O)NC(=O)NCc1ccc(C#N)cc1. The molecule has 0 radical (unpaired) electrons. The number of hydrogen-bond donors (Lipinski definition) is 3. The Kier molecular flexibility index (Phi) is 5.09. The van der Waals surface area contributed by atoms with Crippen LogP contribution >= 0.6 is 0 Å². The van der Waals surface area contributed by atoms with Crippen molar-refractivity contribution in [1.82, 2.24) is 10.6 Å². The van der Waals surface area contributed by atoms with Gasteiger partial charge in [0, 0.05) is 12.1 Å². The number of aliphatic carboxylic acids is 1. The third-order valence-corrected chi connectivity index (χ3v) is 2.58. The van der Waals surface area contributed by atoms with Gasteiger partial charge in [0.15, 0.2) is 0 Å². The fourth-order valence-electron chi connectivity index (χ4n) is 1.65. The predicted octanol–water partition coefficient (Wildman–Crippen LogP) is 1.61. The molecule has 1 aromatic carbocycles. The number of carbonyl (C=O) groups excluding carboxylic acids is 1. The molecule has 106 valence electrons. The largest absolute Gasteiger partial charge is 0.481 e. The van der Waals surface area contributed by atoms with Crippen LogP contribution in [-0.2, 0) is 11.3 Å². The molecular weight excluding hydrogens is 258 g/mol. The first-order valence-corrected chi connectivity index (χ1v) is 6.09. The lowest BCUT2D eigenvalue weighted by molar-refractivity contribution is -0.138. The maximum atomic E-state index is 11.7. The second-order valence-electron chi connectivity index (χ2n) is 5.07. The highest BCUT2D eigenvalue weighted by molar-refractivity contribution is 5.76. The van der Waals surface area contributed by atoms with Gasteiger partial charge in [-0.3, -0.25) is 4.79 Å². The molecule has 0 saturated carbocycles. The molecule has 0 atom stereocenters. The lowest BCUT2D eigenvalue weighted by Crippen LogP contribution is -2.49. The van der Waals surface area contributed by atoms with Crippen LogP contribution in [0.3, 0.4) is 0 Å². The molecule has 0 fully saturated rings. The highest BCUT2D eigenvalue weighted by atomic mass is 16.4. The Balaban J connectivity index is 2.47. The van der Waals surface area contributed by atoms with E-state index in [4.69, 9.17) is 10.4 Å². The zero-order valence-corrected chi connectivity index (χ0v) is 11.4. The maximum absolute atomic E-state index is 11.7. The van der Waals surface area contributed by atoms with Gasteiger partial charge in [-0.05, 0) is 31.5 Å². The Morgan fingerprint density at radius 1 is 1.30 bits per heavy atom. The van der Waals surface area contributed by atoms with Crippen LogP contribution in [-0.4, -0.2) is 22.6 Å². The van der Waals surface area contributed by atoms with E-state index >= 15 is 0 Å². The van der Waals surface area contributed by atoms with E-state index in [1.807, 2.05) is 6.07 Å². The van der Waals surface area contributed by atoms with Crippen molar-refractivity contribution in [3.05, 3.63) is 35.4 Å². The number of urea groups is 1. The highest BCUT2D eigenvalue weighted by Crippen LogP contribution is 2.08. The molecule has 0 saturated heterocycles. The van der Waals surface area contributed by atoms with E-state index in [1.54, 1.807) is 38.1 Å². The Morgan fingerprint density at radius 2 is 1.90 bits per heavy atom. The molecule has 0 aliphatic rings. The van der Waals surface area contributed by atoms with E-state index in [1.165, 1.54) is 0 Å². The van der Waals surface area contributed by atoms with Gasteiger partial charge in [0.2, 0.25) is 0 Å². The highest BCUT2D eigenvalue weighted by Gasteiger charge is 2.23. The molecule has 0 heterocycles. The number of carbonyl (C=O) groups is 2. The van der Waals surface area contributed by atoms with Gasteiger partial charge in [0.1, 0.15) is 0 Å². The topological polar surface area (TPSA) is 102 Å². The van der Waals surface area contributed by atoms with Gasteiger partial charge < -0.3 is 15.7 Å². The minimum absolute atomic E-state index is 0.155. The molecule has 6 nitrogen and oxygen atoms in total. The molecule has 1 aromatic rings. The average molecular weight is 275 g/mol. The summed E-state index contributed by atoms with van der Waals surface area (Å²) in [6.45, 7) is 3.59. The molecule has 0 unspecified atom stereocenters. The molecule has 6 heteroatoms. The van der Waals surface area contributed by atoms with Crippen molar-refractivity contribution in [1.29, 1.82) is 5.26 Å². The van der Waals surface area contributed by atoms with E-state index in [9.17, 15) is 9.59 Å². The van der Waals surface area contributed by atoms with E-state index in [0.29, 0.717) is 12.1 Å². The average Bonchev–Trinajstić information content (AvgIpc) is 2.34. The van der Waals surface area contributed by atoms with Gasteiger partial charge in [-0.25, -0.2) is 4.79 Å². The molecule has 2 amide bonds. The lowest BCUT2D eigenvalue weighted by Gasteiger charge is -2.24. The van der Waals surface area contributed by atoms with Crippen molar-refractivity contribution in [2.45, 2.75) is 32.4 Å². The van der Waals surface area contributed by atoms with E-state index in [0.717, 1.165) is 5.56 Å². The molecule has 0 aliphatic carbocycles. The van der Waals surface area contributed by atoms with Crippen LogP contribution in [0.2, 0.25) is 0 Å². The summed E-state index contributed by atoms with van der Waals surface area (Å²) in [5.41, 5.74) is 0.594. The molecule has 0 spiro atoms. The normalized spacial score (nSPS) is 10.4. The van der Waals surface area contributed by atoms with Crippen molar-refractivity contribution in [3.8, 4) is 6.07 Å². The smallest absolute Gasteiger partial charge is 0.315 e. The van der Waals surface area contributed by atoms with Crippen LogP contribution in [0.15, 0.2) is 24.3 Å². The van der Waals surface area contributed by atoms with E-state index in [-0.39, 0.29) is 6.42 Å². The number of nitrogens with zero attached hydrogens (tertiary/aromatic N) is 1. The second kappa shape index (κ2) is 6.57. The Hall–Kier alpha value is -2.55. The summed E-state index contributed by atoms with van der Waals surface area (Å²) in [6.07, 6.45) is -0.155. The Morgan fingerprint density at radius 3 is 2.40 bits per heavy atom. The summed E-state index contributed by atoms with van der Waals surface area (Å²) in [4.78, 5) is 22.3. The number of nitriles is 1. The lowest BCUT2D eigenvalue weighted by atomic mass is 10.0. The molecule has 1 rings (SSSR count). The summed E-state index contributed by atoms with van der Waals surface area (Å²) in [6, 6.07) is 8.43. The Labute approximate surface area is 117 Å². The van der Waals surface area contributed by atoms with E-state index < -0.39 is 17.5 Å². The molecular formula is C14H17N3O3. The van der Waals surface area contributed by atoms with Crippen LogP contribution in [0.1, 0.15) is 31.4 Å². The van der Waals surface area contributed by atoms with Crippen molar-refractivity contribution in [2.75, 3.05) is 0 Å². The molecule has 20 heavy (non-hydrogen) atoms. The van der Waals surface area contributed by atoms with Gasteiger partial charge in [-0.15, -0.1) is 0 Å². The number of rotatable bonds is 5. The molecule has 0 aliphatic heterocycles. The van der Waals surface area contributed by atoms with Crippen molar-refractivity contribution >= 4 is 12.0 Å². The minimum atomic E-state index is -0.970. The maximum Gasteiger partial charge on any atom is 0.315 e. The first-order valence-electron chi connectivity index (χ1n) is 6.09. The third-order valence-electron chi connectivity index (χ3n) is 2.58. The first kappa shape index (κ1) is 15.5. The summed E-state index contributed by atoms with van der Waals surface area (Å²) in [7, 11) is 0. The standard InChI is InChI=1S/C14H17N3O3/c1-14(2,7-12(18)19)17-13(20)16-9-11-5-3-10(8-15)4-6-11/h3-6H,7,9H2,1-2H3,(H,18,19)(H2,16,17,20). The van der Waals surface area contributed by atoms with Crippen LogP contribution in [0.25, 0.3) is 0 Å². The van der Waals surface area contributed by atoms with Crippen LogP contribution in [0.5, 0.6) is 0 Å². The van der Waals surface area contributed by atoms with Crippen molar-refractivity contribution in [3.63, 3.8) is 0 Å². The summed E-state index contributed by atoms with van der Waals surface area (Å²) < 4.78 is 0. The quantitative estimate of drug-likeness (QED) is 0.759. The summed E-state index contributed by atoms with van der Waals surface area (Å²) in [5.74, 6) is -0.970. The monoisotopic (exact) mass is 275 g/mol. The van der Waals surface area contributed by atoms with Gasteiger partial charge in [-0.1, -0.05) is 12.1 Å². The summed E-state index contributed by atoms with van der Waals surface area (Å²) >= 11 is 0. The van der Waals surface area contributed by atoms with Crippen molar-refractivity contribution in [2.24, 2.45) is 0 Å².